The molecule has 0 fully saturated rings. The van der Waals surface area contributed by atoms with E-state index < -0.39 is 16.9 Å². The molecule has 0 aliphatic heterocycles. The van der Waals surface area contributed by atoms with E-state index in [1.165, 1.54) is 21.6 Å². The van der Waals surface area contributed by atoms with Crippen LogP contribution in [0.1, 0.15) is 41.6 Å². The molecule has 1 amide bonds. The second kappa shape index (κ2) is 9.68. The third kappa shape index (κ3) is 4.52. The molecule has 0 radical (unpaired) electrons. The minimum Gasteiger partial charge on any atom is -0.332 e. The van der Waals surface area contributed by atoms with E-state index in [-0.39, 0.29) is 21.8 Å². The van der Waals surface area contributed by atoms with Crippen molar-refractivity contribution in [2.75, 3.05) is 7.05 Å². The van der Waals surface area contributed by atoms with E-state index in [9.17, 15) is 19.7 Å². The molecule has 3 aromatic carbocycles. The van der Waals surface area contributed by atoms with Gasteiger partial charge in [0.25, 0.3) is 17.2 Å². The number of aromatic nitrogens is 2. The molecule has 1 atom stereocenters. The van der Waals surface area contributed by atoms with Crippen LogP contribution in [0.15, 0.2) is 71.5 Å². The summed E-state index contributed by atoms with van der Waals surface area (Å²) in [4.78, 5) is 43.5. The highest BCUT2D eigenvalue weighted by Crippen LogP contribution is 2.27. The topological polar surface area (TPSA) is 98.3 Å². The summed E-state index contributed by atoms with van der Waals surface area (Å²) in [6.07, 6.45) is 0.863. The van der Waals surface area contributed by atoms with Gasteiger partial charge in [0.05, 0.1) is 38.1 Å². The third-order valence-corrected chi connectivity index (χ3v) is 6.39. The molecule has 4 aromatic rings. The van der Waals surface area contributed by atoms with Gasteiger partial charge in [-0.2, -0.15) is 0 Å². The Morgan fingerprint density at radius 2 is 1.83 bits per heavy atom. The normalized spacial score (nSPS) is 11.9. The van der Waals surface area contributed by atoms with Gasteiger partial charge in [0.2, 0.25) is 0 Å². The van der Waals surface area contributed by atoms with E-state index in [2.05, 4.69) is 6.92 Å². The van der Waals surface area contributed by atoms with Gasteiger partial charge in [-0.05, 0) is 49.2 Å². The zero-order chi connectivity index (χ0) is 25.3. The zero-order valence-electron chi connectivity index (χ0n) is 19.4. The van der Waals surface area contributed by atoms with Crippen molar-refractivity contribution in [1.82, 2.24) is 14.5 Å². The van der Waals surface area contributed by atoms with Gasteiger partial charge in [-0.1, -0.05) is 42.8 Å². The number of amides is 1. The summed E-state index contributed by atoms with van der Waals surface area (Å²) in [5.74, 6) is -0.0699. The van der Waals surface area contributed by atoms with Crippen LogP contribution < -0.4 is 5.56 Å². The lowest BCUT2D eigenvalue weighted by molar-refractivity contribution is -0.384. The van der Waals surface area contributed by atoms with Gasteiger partial charge in [0, 0.05) is 19.2 Å². The van der Waals surface area contributed by atoms with Crippen molar-refractivity contribution >= 4 is 34.1 Å². The predicted molar refractivity (Wildman–Crippen MR) is 135 cm³/mol. The number of benzene rings is 3. The first-order chi connectivity index (χ1) is 16.7. The van der Waals surface area contributed by atoms with E-state index in [1.54, 1.807) is 38.2 Å². The number of hydrogen-bond acceptors (Lipinski definition) is 5. The van der Waals surface area contributed by atoms with Crippen molar-refractivity contribution < 1.29 is 9.72 Å². The highest BCUT2D eigenvalue weighted by atomic mass is 35.5. The number of non-ortho nitro benzene ring substituents is 1. The first-order valence-electron chi connectivity index (χ1n) is 11.0. The standard InChI is InChI=1S/C26H23ClN4O4/c1-4-17-9-11-18(12-10-17)30-24(28-23-8-6-5-7-21(23)26(30)33)16(2)29(3)25(32)20-14-13-19(31(34)35)15-22(20)27/h5-16H,4H2,1-3H3. The molecular formula is C26H23ClN4O4. The molecule has 0 aliphatic carbocycles. The van der Waals surface area contributed by atoms with Gasteiger partial charge in [-0.15, -0.1) is 0 Å². The van der Waals surface area contributed by atoms with Gasteiger partial charge in [-0.3, -0.25) is 24.3 Å². The maximum absolute atomic E-state index is 13.6. The Labute approximate surface area is 206 Å². The number of carbonyl (C=O) groups excluding carboxylic acids is 1. The molecule has 0 bridgehead atoms. The number of carbonyl (C=O) groups is 1. The van der Waals surface area contributed by atoms with E-state index in [1.807, 2.05) is 24.3 Å². The Bertz CT molecular complexity index is 1500. The smallest absolute Gasteiger partial charge is 0.270 e. The molecule has 0 N–H and O–H groups in total. The van der Waals surface area contributed by atoms with Crippen LogP contribution in [-0.4, -0.2) is 32.3 Å². The SMILES string of the molecule is CCc1ccc(-n2c(C(C)N(C)C(=O)c3ccc([N+](=O)[O-])cc3Cl)nc3ccccc3c2=O)cc1. The fourth-order valence-corrected chi connectivity index (χ4v) is 4.15. The van der Waals surface area contributed by atoms with Gasteiger partial charge in [-0.25, -0.2) is 4.98 Å². The van der Waals surface area contributed by atoms with Gasteiger partial charge in [0.1, 0.15) is 5.82 Å². The molecule has 0 saturated heterocycles. The number of nitrogens with zero attached hydrogens (tertiary/aromatic N) is 4. The first kappa shape index (κ1) is 24.1. The van der Waals surface area contributed by atoms with Crippen molar-refractivity contribution in [2.45, 2.75) is 26.3 Å². The number of hydrogen-bond donors (Lipinski definition) is 0. The molecule has 0 aliphatic rings. The van der Waals surface area contributed by atoms with Crippen LogP contribution in [0.5, 0.6) is 0 Å². The van der Waals surface area contributed by atoms with Crippen LogP contribution in [0, 0.1) is 10.1 Å². The summed E-state index contributed by atoms with van der Waals surface area (Å²) in [5.41, 5.74) is 1.97. The Morgan fingerprint density at radius 3 is 2.46 bits per heavy atom. The molecule has 9 heteroatoms. The molecule has 4 rings (SSSR count). The summed E-state index contributed by atoms with van der Waals surface area (Å²) in [7, 11) is 1.58. The average Bonchev–Trinajstić information content (AvgIpc) is 2.87. The van der Waals surface area contributed by atoms with Crippen LogP contribution in [0.25, 0.3) is 16.6 Å². The number of aryl methyl sites for hydroxylation is 1. The monoisotopic (exact) mass is 490 g/mol. The number of nitro groups is 1. The molecular weight excluding hydrogens is 468 g/mol. The summed E-state index contributed by atoms with van der Waals surface area (Å²) in [5, 5.41) is 11.5. The number of halogens is 1. The number of fused-ring (bicyclic) bond motifs is 1. The predicted octanol–water partition coefficient (Wildman–Crippen LogP) is 5.34. The first-order valence-corrected chi connectivity index (χ1v) is 11.4. The van der Waals surface area contributed by atoms with Crippen molar-refractivity contribution in [1.29, 1.82) is 0 Å². The van der Waals surface area contributed by atoms with Crippen molar-refractivity contribution in [2.24, 2.45) is 0 Å². The average molecular weight is 491 g/mol. The van der Waals surface area contributed by atoms with E-state index >= 15 is 0 Å². The lowest BCUT2D eigenvalue weighted by Gasteiger charge is -2.27. The van der Waals surface area contributed by atoms with Crippen LogP contribution in [-0.2, 0) is 6.42 Å². The van der Waals surface area contributed by atoms with E-state index in [4.69, 9.17) is 16.6 Å². The van der Waals surface area contributed by atoms with Crippen molar-refractivity contribution in [3.8, 4) is 5.69 Å². The van der Waals surface area contributed by atoms with Crippen LogP contribution in [0.3, 0.4) is 0 Å². The van der Waals surface area contributed by atoms with Crippen molar-refractivity contribution in [3.05, 3.63) is 109 Å². The Hall–Kier alpha value is -4.04. The lowest BCUT2D eigenvalue weighted by atomic mass is 10.1. The fraction of sp³-hybridized carbons (Fsp3) is 0.192. The Morgan fingerprint density at radius 1 is 1.14 bits per heavy atom. The summed E-state index contributed by atoms with van der Waals surface area (Å²) in [6.45, 7) is 3.82. The van der Waals surface area contributed by atoms with E-state index in [0.717, 1.165) is 18.1 Å². The zero-order valence-corrected chi connectivity index (χ0v) is 20.2. The minimum atomic E-state index is -0.628. The molecule has 1 unspecified atom stereocenters. The Balaban J connectivity index is 1.82. The number of rotatable bonds is 6. The molecule has 0 spiro atoms. The van der Waals surface area contributed by atoms with Gasteiger partial charge in [0.15, 0.2) is 0 Å². The van der Waals surface area contributed by atoms with E-state index in [0.29, 0.717) is 22.4 Å². The largest absolute Gasteiger partial charge is 0.332 e. The maximum Gasteiger partial charge on any atom is 0.270 e. The molecule has 1 aromatic heterocycles. The van der Waals surface area contributed by atoms with Gasteiger partial charge < -0.3 is 4.90 Å². The second-order valence-corrected chi connectivity index (χ2v) is 8.57. The summed E-state index contributed by atoms with van der Waals surface area (Å²) in [6, 6.07) is 17.8. The van der Waals surface area contributed by atoms with Gasteiger partial charge >= 0.3 is 0 Å². The lowest BCUT2D eigenvalue weighted by Crippen LogP contribution is -2.35. The molecule has 8 nitrogen and oxygen atoms in total. The van der Waals surface area contributed by atoms with Crippen molar-refractivity contribution in [3.63, 3.8) is 0 Å². The number of nitro benzene ring substituents is 1. The minimum absolute atomic E-state index is 0.0257. The maximum atomic E-state index is 13.6. The van der Waals surface area contributed by atoms with Crippen LogP contribution >= 0.6 is 11.6 Å². The molecule has 0 saturated carbocycles. The highest BCUT2D eigenvalue weighted by Gasteiger charge is 2.26. The Kier molecular flexibility index (Phi) is 6.66. The van der Waals surface area contributed by atoms with Crippen LogP contribution in [0.4, 0.5) is 5.69 Å². The molecule has 35 heavy (non-hydrogen) atoms. The van der Waals surface area contributed by atoms with Crippen LogP contribution in [0.2, 0.25) is 5.02 Å². The summed E-state index contributed by atoms with van der Waals surface area (Å²) >= 11 is 6.20. The fourth-order valence-electron chi connectivity index (χ4n) is 3.89. The highest BCUT2D eigenvalue weighted by molar-refractivity contribution is 6.34. The third-order valence-electron chi connectivity index (χ3n) is 6.07. The molecule has 178 valence electrons. The molecule has 1 heterocycles. The number of para-hydroxylation sites is 1. The quantitative estimate of drug-likeness (QED) is 0.268. The summed E-state index contributed by atoms with van der Waals surface area (Å²) < 4.78 is 1.52. The second-order valence-electron chi connectivity index (χ2n) is 8.16.